The molecule has 0 aliphatic heterocycles. The van der Waals surface area contributed by atoms with E-state index in [1.807, 2.05) is 18.2 Å². The third-order valence-electron chi connectivity index (χ3n) is 2.93. The highest BCUT2D eigenvalue weighted by molar-refractivity contribution is 5.87. The SMILES string of the molecule is CN=C/C=C\C=C\C1Cc2[nH]nc(C(=O)O)c2C1. The van der Waals surface area contributed by atoms with Crippen molar-refractivity contribution in [1.29, 1.82) is 0 Å². The molecule has 0 spiro atoms. The van der Waals surface area contributed by atoms with Crippen LogP contribution in [0.15, 0.2) is 29.3 Å². The molecule has 2 N–H and O–H groups in total. The van der Waals surface area contributed by atoms with Gasteiger partial charge in [0.25, 0.3) is 0 Å². The fraction of sp³-hybridized carbons (Fsp3) is 0.308. The number of fused-ring (bicyclic) bond motifs is 1. The molecule has 1 atom stereocenters. The monoisotopic (exact) mass is 245 g/mol. The van der Waals surface area contributed by atoms with Crippen LogP contribution in [-0.2, 0) is 12.8 Å². The molecule has 0 radical (unpaired) electrons. The van der Waals surface area contributed by atoms with E-state index >= 15 is 0 Å². The zero-order chi connectivity index (χ0) is 13.0. The summed E-state index contributed by atoms with van der Waals surface area (Å²) < 4.78 is 0. The van der Waals surface area contributed by atoms with E-state index in [2.05, 4.69) is 21.3 Å². The Hall–Kier alpha value is -2.17. The number of carboxylic acid groups (broad SMARTS) is 1. The lowest BCUT2D eigenvalue weighted by molar-refractivity contribution is 0.0689. The molecule has 0 aromatic carbocycles. The van der Waals surface area contributed by atoms with Gasteiger partial charge in [0.1, 0.15) is 0 Å². The second kappa shape index (κ2) is 5.44. The van der Waals surface area contributed by atoms with Crippen LogP contribution in [0.2, 0.25) is 0 Å². The highest BCUT2D eigenvalue weighted by Gasteiger charge is 2.27. The van der Waals surface area contributed by atoms with E-state index < -0.39 is 5.97 Å². The first-order chi connectivity index (χ1) is 8.72. The van der Waals surface area contributed by atoms with Crippen molar-refractivity contribution in [3.05, 3.63) is 41.3 Å². The Kier molecular flexibility index (Phi) is 3.72. The smallest absolute Gasteiger partial charge is 0.356 e. The highest BCUT2D eigenvalue weighted by Crippen LogP contribution is 2.28. The predicted molar refractivity (Wildman–Crippen MR) is 69.1 cm³/mol. The summed E-state index contributed by atoms with van der Waals surface area (Å²) in [6.07, 6.45) is 11.1. The molecule has 0 saturated heterocycles. The lowest BCUT2D eigenvalue weighted by Crippen LogP contribution is -2.03. The first kappa shape index (κ1) is 12.3. The minimum absolute atomic E-state index is 0.162. The molecule has 2 rings (SSSR count). The maximum absolute atomic E-state index is 10.9. The topological polar surface area (TPSA) is 78.3 Å². The third kappa shape index (κ3) is 2.56. The third-order valence-corrected chi connectivity index (χ3v) is 2.93. The highest BCUT2D eigenvalue weighted by atomic mass is 16.4. The van der Waals surface area contributed by atoms with Gasteiger partial charge in [-0.3, -0.25) is 10.1 Å². The van der Waals surface area contributed by atoms with Gasteiger partial charge in [-0.1, -0.05) is 18.2 Å². The number of carboxylic acids is 1. The van der Waals surface area contributed by atoms with Crippen LogP contribution in [0.25, 0.3) is 0 Å². The Labute approximate surface area is 105 Å². The van der Waals surface area contributed by atoms with E-state index in [4.69, 9.17) is 5.11 Å². The zero-order valence-corrected chi connectivity index (χ0v) is 10.1. The molecule has 0 saturated carbocycles. The predicted octanol–water partition coefficient (Wildman–Crippen LogP) is 1.64. The van der Waals surface area contributed by atoms with Gasteiger partial charge >= 0.3 is 5.97 Å². The van der Waals surface area contributed by atoms with Gasteiger partial charge in [-0.2, -0.15) is 5.10 Å². The molecule has 0 bridgehead atoms. The molecule has 0 fully saturated rings. The number of nitrogens with zero attached hydrogens (tertiary/aromatic N) is 2. The van der Waals surface area contributed by atoms with Gasteiger partial charge in [-0.05, 0) is 24.8 Å². The number of H-pyrrole nitrogens is 1. The Morgan fingerprint density at radius 1 is 1.44 bits per heavy atom. The summed E-state index contributed by atoms with van der Waals surface area (Å²) in [6, 6.07) is 0. The summed E-state index contributed by atoms with van der Waals surface area (Å²) in [5.74, 6) is -0.619. The van der Waals surface area contributed by atoms with Crippen molar-refractivity contribution in [2.75, 3.05) is 7.05 Å². The maximum Gasteiger partial charge on any atom is 0.356 e. The van der Waals surface area contributed by atoms with E-state index in [1.165, 1.54) is 0 Å². The molecule has 5 heteroatoms. The first-order valence-electron chi connectivity index (χ1n) is 5.77. The van der Waals surface area contributed by atoms with E-state index in [-0.39, 0.29) is 5.69 Å². The number of rotatable bonds is 4. The molecule has 1 heterocycles. The summed E-state index contributed by atoms with van der Waals surface area (Å²) in [5.41, 5.74) is 1.95. The van der Waals surface area contributed by atoms with Gasteiger partial charge < -0.3 is 5.11 Å². The number of aromatic amines is 1. The van der Waals surface area contributed by atoms with Gasteiger partial charge in [-0.25, -0.2) is 4.79 Å². The van der Waals surface area contributed by atoms with Crippen molar-refractivity contribution in [3.63, 3.8) is 0 Å². The fourth-order valence-electron chi connectivity index (χ4n) is 2.12. The summed E-state index contributed by atoms with van der Waals surface area (Å²) in [5, 5.41) is 15.6. The summed E-state index contributed by atoms with van der Waals surface area (Å²) in [6.45, 7) is 0. The van der Waals surface area contributed by atoms with Crippen molar-refractivity contribution in [1.82, 2.24) is 10.2 Å². The molecule has 5 nitrogen and oxygen atoms in total. The summed E-state index contributed by atoms with van der Waals surface area (Å²) in [7, 11) is 1.72. The van der Waals surface area contributed by atoms with Crippen molar-refractivity contribution in [2.45, 2.75) is 12.8 Å². The Morgan fingerprint density at radius 2 is 2.28 bits per heavy atom. The van der Waals surface area contributed by atoms with E-state index in [0.717, 1.165) is 24.1 Å². The van der Waals surface area contributed by atoms with Crippen LogP contribution in [0, 0.1) is 5.92 Å². The number of hydrogen-bond acceptors (Lipinski definition) is 3. The molecule has 1 unspecified atom stereocenters. The normalized spacial score (nSPS) is 19.3. The van der Waals surface area contributed by atoms with Crippen molar-refractivity contribution in [3.8, 4) is 0 Å². The van der Waals surface area contributed by atoms with Crippen LogP contribution < -0.4 is 0 Å². The van der Waals surface area contributed by atoms with E-state index in [1.54, 1.807) is 13.3 Å². The number of nitrogens with one attached hydrogen (secondary N) is 1. The second-order valence-electron chi connectivity index (χ2n) is 4.18. The lowest BCUT2D eigenvalue weighted by Gasteiger charge is -2.00. The standard InChI is InChI=1S/C13H15N3O2/c1-14-6-4-2-3-5-9-7-10-11(8-9)15-16-12(10)13(17)18/h2-6,9H,7-8H2,1H3,(H,15,16)(H,17,18)/b4-2-,5-3+,14-6?. The van der Waals surface area contributed by atoms with Crippen LogP contribution in [0.3, 0.4) is 0 Å². The first-order valence-corrected chi connectivity index (χ1v) is 5.77. The van der Waals surface area contributed by atoms with Gasteiger partial charge in [-0.15, -0.1) is 0 Å². The molecule has 1 aliphatic carbocycles. The molecule has 94 valence electrons. The Balaban J connectivity index is 2.00. The molecular weight excluding hydrogens is 230 g/mol. The Bertz CT molecular complexity index is 526. The van der Waals surface area contributed by atoms with E-state index in [0.29, 0.717) is 5.92 Å². The van der Waals surface area contributed by atoms with Crippen molar-refractivity contribution < 1.29 is 9.90 Å². The largest absolute Gasteiger partial charge is 0.476 e. The van der Waals surface area contributed by atoms with Crippen LogP contribution in [0.5, 0.6) is 0 Å². The number of aromatic carboxylic acids is 1. The molecule has 18 heavy (non-hydrogen) atoms. The average molecular weight is 245 g/mol. The zero-order valence-electron chi connectivity index (χ0n) is 10.1. The van der Waals surface area contributed by atoms with Crippen LogP contribution in [-0.4, -0.2) is 34.5 Å². The fourth-order valence-corrected chi connectivity index (χ4v) is 2.12. The number of carbonyl (C=O) groups is 1. The van der Waals surface area contributed by atoms with E-state index in [9.17, 15) is 4.79 Å². The Morgan fingerprint density at radius 3 is 3.00 bits per heavy atom. The summed E-state index contributed by atoms with van der Waals surface area (Å²) in [4.78, 5) is 14.8. The maximum atomic E-state index is 10.9. The molecular formula is C13H15N3O2. The number of aliphatic imine (C=N–C) groups is 1. The molecule has 1 aromatic rings. The summed E-state index contributed by atoms with van der Waals surface area (Å²) >= 11 is 0. The molecule has 0 amide bonds. The number of aromatic nitrogens is 2. The van der Waals surface area contributed by atoms with Gasteiger partial charge in [0.05, 0.1) is 0 Å². The molecule has 1 aromatic heterocycles. The van der Waals surface area contributed by atoms with Crippen LogP contribution in [0.4, 0.5) is 0 Å². The van der Waals surface area contributed by atoms with Crippen LogP contribution in [0.1, 0.15) is 21.7 Å². The number of allylic oxidation sites excluding steroid dienone is 4. The minimum Gasteiger partial charge on any atom is -0.476 e. The second-order valence-corrected chi connectivity index (χ2v) is 4.18. The van der Waals surface area contributed by atoms with Gasteiger partial charge in [0.2, 0.25) is 0 Å². The van der Waals surface area contributed by atoms with Crippen molar-refractivity contribution >= 4 is 12.2 Å². The minimum atomic E-state index is -0.962. The van der Waals surface area contributed by atoms with Gasteiger partial charge in [0, 0.05) is 24.5 Å². The van der Waals surface area contributed by atoms with Crippen LogP contribution >= 0.6 is 0 Å². The van der Waals surface area contributed by atoms with Crippen molar-refractivity contribution in [2.24, 2.45) is 10.9 Å². The average Bonchev–Trinajstić information content (AvgIpc) is 2.87. The van der Waals surface area contributed by atoms with Gasteiger partial charge in [0.15, 0.2) is 5.69 Å². The quantitative estimate of drug-likeness (QED) is 0.625. The molecule has 1 aliphatic rings. The number of hydrogen-bond donors (Lipinski definition) is 2. The lowest BCUT2D eigenvalue weighted by atomic mass is 10.1.